The minimum absolute atomic E-state index is 0.00161. The molecule has 1 aromatic rings. The topological polar surface area (TPSA) is 266 Å². The Balaban J connectivity index is 1.85. The molecule has 0 aliphatic carbocycles. The highest BCUT2D eigenvalue weighted by molar-refractivity contribution is 6.55. The number of aliphatic carboxylic acids is 1. The lowest BCUT2D eigenvalue weighted by Gasteiger charge is -2.31. The van der Waals surface area contributed by atoms with Crippen molar-refractivity contribution in [3.63, 3.8) is 0 Å². The highest BCUT2D eigenvalue weighted by Crippen LogP contribution is 2.30. The number of carbonyl (C=O) groups is 7. The zero-order valence-electron chi connectivity index (χ0n) is 28.3. The maximum Gasteiger partial charge on any atom is 0.333 e. The number of nitrogens with one attached hydrogen (secondary N) is 5. The third-order valence-electron chi connectivity index (χ3n) is 6.95. The van der Waals surface area contributed by atoms with Gasteiger partial charge in [0, 0.05) is 25.8 Å². The Morgan fingerprint density at radius 2 is 1.71 bits per heavy atom. The molecular formula is C31H44BN5O14. The maximum absolute atomic E-state index is 12.9. The van der Waals surface area contributed by atoms with Crippen molar-refractivity contribution in [1.82, 2.24) is 21.3 Å². The summed E-state index contributed by atoms with van der Waals surface area (Å²) in [4.78, 5) is 82.3. The molecule has 1 aliphatic rings. The Morgan fingerprint density at radius 1 is 0.980 bits per heavy atom. The minimum atomic E-state index is -1.33. The van der Waals surface area contributed by atoms with Gasteiger partial charge in [-0.2, -0.15) is 0 Å². The van der Waals surface area contributed by atoms with Crippen molar-refractivity contribution in [2.45, 2.75) is 64.3 Å². The number of carbonyl (C=O) groups excluding carboxylic acids is 6. The lowest BCUT2D eigenvalue weighted by atomic mass is 10.0. The Morgan fingerprint density at radius 3 is 2.37 bits per heavy atom. The summed E-state index contributed by atoms with van der Waals surface area (Å²) < 4.78 is 26.7. The van der Waals surface area contributed by atoms with Crippen LogP contribution in [0.1, 0.15) is 38.7 Å². The second kappa shape index (κ2) is 22.8. The van der Waals surface area contributed by atoms with E-state index in [1.54, 1.807) is 13.8 Å². The molecule has 4 unspecified atom stereocenters. The molecule has 0 aromatic heterocycles. The molecular weight excluding hydrogens is 677 g/mol. The summed E-state index contributed by atoms with van der Waals surface area (Å²) in [5.74, 6) is -4.75. The van der Waals surface area contributed by atoms with Gasteiger partial charge in [-0.1, -0.05) is 19.9 Å². The fourth-order valence-electron chi connectivity index (χ4n) is 4.45. The van der Waals surface area contributed by atoms with Crippen LogP contribution in [0.2, 0.25) is 0 Å². The molecule has 7 N–H and O–H groups in total. The SMILES string of the molecule is [B]C(=O)OCc1ccc(NC(=O)CNC(=O)C(NC(=O)CCOCCOCCNC(=O)CNC=O)C(C)C)c(OC2CC(O)CC(C(=O)O)O2)c1. The molecule has 5 amide bonds. The smallest absolute Gasteiger partial charge is 0.333 e. The normalized spacial score (nSPS) is 17.4. The maximum atomic E-state index is 12.9. The third kappa shape index (κ3) is 17.1. The van der Waals surface area contributed by atoms with Crippen molar-refractivity contribution in [2.75, 3.05) is 51.4 Å². The van der Waals surface area contributed by atoms with Gasteiger partial charge in [0.1, 0.15) is 18.4 Å². The first-order valence-corrected chi connectivity index (χ1v) is 16.0. The number of hydrogen-bond acceptors (Lipinski definition) is 13. The first kappa shape index (κ1) is 42.4. The predicted molar refractivity (Wildman–Crippen MR) is 176 cm³/mol. The quantitative estimate of drug-likeness (QED) is 0.0378. The van der Waals surface area contributed by atoms with Crippen LogP contribution in [0, 0.1) is 5.92 Å². The third-order valence-corrected chi connectivity index (χ3v) is 6.95. The molecule has 20 heteroatoms. The first-order chi connectivity index (χ1) is 24.3. The zero-order valence-corrected chi connectivity index (χ0v) is 28.3. The Kier molecular flexibility index (Phi) is 19.0. The van der Waals surface area contributed by atoms with Gasteiger partial charge < -0.3 is 60.5 Å². The molecule has 0 spiro atoms. The summed E-state index contributed by atoms with van der Waals surface area (Å²) >= 11 is 0. The summed E-state index contributed by atoms with van der Waals surface area (Å²) in [6.07, 6.45) is -3.38. The number of benzene rings is 1. The van der Waals surface area contributed by atoms with Crippen LogP contribution < -0.4 is 31.3 Å². The van der Waals surface area contributed by atoms with Crippen molar-refractivity contribution >= 4 is 55.4 Å². The molecule has 19 nitrogen and oxygen atoms in total. The number of carboxylic acids is 1. The summed E-state index contributed by atoms with van der Waals surface area (Å²) in [7, 11) is 5.04. The minimum Gasteiger partial charge on any atom is -0.479 e. The number of aliphatic hydroxyl groups is 1. The van der Waals surface area contributed by atoms with E-state index in [9.17, 15) is 43.8 Å². The fourth-order valence-corrected chi connectivity index (χ4v) is 4.45. The van der Waals surface area contributed by atoms with Gasteiger partial charge in [0.2, 0.25) is 50.0 Å². The van der Waals surface area contributed by atoms with Gasteiger partial charge in [-0.25, -0.2) is 4.79 Å². The zero-order chi connectivity index (χ0) is 37.8. The molecule has 1 aromatic carbocycles. The molecule has 51 heavy (non-hydrogen) atoms. The fraction of sp³-hybridized carbons (Fsp3) is 0.581. The Hall–Kier alpha value is -4.79. The number of aliphatic hydroxyl groups excluding tert-OH is 1. The summed E-state index contributed by atoms with van der Waals surface area (Å²) in [6, 6.07) is 3.36. The summed E-state index contributed by atoms with van der Waals surface area (Å²) in [5.41, 5.74) is 0.502. The molecule has 2 radical (unpaired) electrons. The van der Waals surface area contributed by atoms with E-state index in [4.69, 9.17) is 31.5 Å². The van der Waals surface area contributed by atoms with Crippen LogP contribution in [0.5, 0.6) is 5.75 Å². The molecule has 1 aliphatic heterocycles. The number of hydrogen-bond donors (Lipinski definition) is 7. The van der Waals surface area contributed by atoms with Crippen LogP contribution >= 0.6 is 0 Å². The van der Waals surface area contributed by atoms with E-state index in [1.165, 1.54) is 18.2 Å². The Bertz CT molecular complexity index is 1350. The number of rotatable bonds is 23. The van der Waals surface area contributed by atoms with Gasteiger partial charge in [-0.3, -0.25) is 28.8 Å². The molecule has 1 fully saturated rings. The molecule has 4 atom stereocenters. The van der Waals surface area contributed by atoms with E-state index < -0.39 is 60.6 Å². The van der Waals surface area contributed by atoms with E-state index in [0.717, 1.165) is 0 Å². The molecule has 280 valence electrons. The molecule has 1 heterocycles. The van der Waals surface area contributed by atoms with Crippen LogP contribution in [-0.2, 0) is 54.3 Å². The average molecular weight is 722 g/mol. The highest BCUT2D eigenvalue weighted by atomic mass is 16.7. The van der Waals surface area contributed by atoms with Crippen molar-refractivity contribution < 1.29 is 67.5 Å². The van der Waals surface area contributed by atoms with Crippen molar-refractivity contribution in [2.24, 2.45) is 5.92 Å². The molecule has 1 saturated heterocycles. The van der Waals surface area contributed by atoms with Crippen molar-refractivity contribution in [3.05, 3.63) is 23.8 Å². The van der Waals surface area contributed by atoms with Crippen molar-refractivity contribution in [3.8, 4) is 5.75 Å². The van der Waals surface area contributed by atoms with Crippen LogP contribution in [0.15, 0.2) is 18.2 Å². The van der Waals surface area contributed by atoms with E-state index >= 15 is 0 Å². The monoisotopic (exact) mass is 721 g/mol. The summed E-state index contributed by atoms with van der Waals surface area (Å²) in [6.45, 7) is 3.50. The van der Waals surface area contributed by atoms with Gasteiger partial charge in [0.15, 0.2) is 6.10 Å². The molecule has 2 rings (SSSR count). The van der Waals surface area contributed by atoms with Gasteiger partial charge in [0.05, 0.1) is 51.3 Å². The second-order valence-corrected chi connectivity index (χ2v) is 11.5. The van der Waals surface area contributed by atoms with Crippen LogP contribution in [0.4, 0.5) is 10.5 Å². The second-order valence-electron chi connectivity index (χ2n) is 11.5. The number of carboxylic acid groups (broad SMARTS) is 1. The predicted octanol–water partition coefficient (Wildman–Crippen LogP) is -1.70. The van der Waals surface area contributed by atoms with Gasteiger partial charge in [0.25, 0.3) is 0 Å². The Labute approximate surface area is 295 Å². The molecule has 0 bridgehead atoms. The standard InChI is InChI=1S/C31H44BN5O14/c1-18(2)28(37-24(40)5-7-47-9-10-48-8-6-34-25(41)14-33-17-38)29(43)35-15-26(42)36-21-4-3-19(16-49-31(32)46)11-22(21)50-27-13-20(39)12-23(51-27)30(44)45/h3-4,11,17-18,20,23,27-28,39H,5-10,12-16H2,1-2H3,(H,33,38)(H,34,41)(H,35,43)(H,36,42)(H,37,40)(H,44,45). The van der Waals surface area contributed by atoms with E-state index in [2.05, 4.69) is 26.6 Å². The number of ether oxygens (including phenoxy) is 5. The van der Waals surface area contributed by atoms with Crippen molar-refractivity contribution in [1.29, 1.82) is 0 Å². The van der Waals surface area contributed by atoms with Crippen LogP contribution in [0.25, 0.3) is 0 Å². The lowest BCUT2D eigenvalue weighted by Crippen LogP contribution is -2.51. The van der Waals surface area contributed by atoms with Gasteiger partial charge >= 0.3 is 5.97 Å². The number of amides is 5. The van der Waals surface area contributed by atoms with Gasteiger partial charge in [-0.15, -0.1) is 0 Å². The first-order valence-electron chi connectivity index (χ1n) is 16.0. The highest BCUT2D eigenvalue weighted by Gasteiger charge is 2.34. The largest absolute Gasteiger partial charge is 0.479 e. The molecule has 0 saturated carbocycles. The average Bonchev–Trinajstić information content (AvgIpc) is 3.07. The van der Waals surface area contributed by atoms with Crippen LogP contribution in [-0.4, -0.2) is 131 Å². The van der Waals surface area contributed by atoms with E-state index in [1.807, 2.05) is 0 Å². The van der Waals surface area contributed by atoms with Crippen LogP contribution in [0.3, 0.4) is 0 Å². The van der Waals surface area contributed by atoms with E-state index in [-0.39, 0.29) is 88.6 Å². The van der Waals surface area contributed by atoms with Gasteiger partial charge in [-0.05, 0) is 23.6 Å². The lowest BCUT2D eigenvalue weighted by molar-refractivity contribution is -0.195. The number of anilines is 1. The summed E-state index contributed by atoms with van der Waals surface area (Å²) in [5, 5.41) is 31.9. The van der Waals surface area contributed by atoms with E-state index in [0.29, 0.717) is 12.0 Å².